The lowest BCUT2D eigenvalue weighted by atomic mass is 10.1. The molecule has 1 aliphatic heterocycles. The summed E-state index contributed by atoms with van der Waals surface area (Å²) in [5.41, 5.74) is 4.13. The summed E-state index contributed by atoms with van der Waals surface area (Å²) < 4.78 is 17.1. The molecule has 0 spiro atoms. The summed E-state index contributed by atoms with van der Waals surface area (Å²) in [7, 11) is 1.66. The number of nitrogens with one attached hydrogen (secondary N) is 1. The molecule has 0 bridgehead atoms. The van der Waals surface area contributed by atoms with E-state index >= 15 is 0 Å². The highest BCUT2D eigenvalue weighted by atomic mass is 35.5. The third-order valence-corrected chi connectivity index (χ3v) is 5.59. The molecule has 3 aromatic rings. The zero-order valence-electron chi connectivity index (χ0n) is 17.6. The number of morpholine rings is 1. The van der Waals surface area contributed by atoms with Crippen LogP contribution in [0.1, 0.15) is 11.1 Å². The van der Waals surface area contributed by atoms with Gasteiger partial charge in [-0.25, -0.2) is 0 Å². The fraction of sp³-hybridized carbons (Fsp3) is 0.280. The third kappa shape index (κ3) is 5.43. The molecule has 1 aliphatic rings. The fourth-order valence-electron chi connectivity index (χ4n) is 3.63. The molecule has 31 heavy (non-hydrogen) atoms. The molecule has 3 aromatic carbocycles. The predicted molar refractivity (Wildman–Crippen MR) is 126 cm³/mol. The Morgan fingerprint density at radius 3 is 2.55 bits per heavy atom. The normalized spacial score (nSPS) is 13.7. The lowest BCUT2D eigenvalue weighted by molar-refractivity contribution is 0.122. The molecule has 1 heterocycles. The maximum atomic E-state index is 6.57. The average molecular weight is 439 g/mol. The van der Waals surface area contributed by atoms with Crippen molar-refractivity contribution in [2.24, 2.45) is 0 Å². The van der Waals surface area contributed by atoms with Crippen molar-refractivity contribution in [2.45, 2.75) is 13.2 Å². The molecule has 0 radical (unpaired) electrons. The van der Waals surface area contributed by atoms with Gasteiger partial charge in [0.25, 0.3) is 0 Å². The van der Waals surface area contributed by atoms with Crippen molar-refractivity contribution in [3.05, 3.63) is 82.9 Å². The van der Waals surface area contributed by atoms with Crippen molar-refractivity contribution < 1.29 is 14.2 Å². The number of benzene rings is 3. The molecule has 0 atom stereocenters. The first-order chi connectivity index (χ1) is 15.2. The van der Waals surface area contributed by atoms with Crippen LogP contribution in [0.5, 0.6) is 11.5 Å². The molecular formula is C25H27ClN2O3. The zero-order chi connectivity index (χ0) is 21.5. The minimum Gasteiger partial charge on any atom is -0.493 e. The maximum absolute atomic E-state index is 6.57. The van der Waals surface area contributed by atoms with Crippen molar-refractivity contribution in [1.82, 2.24) is 0 Å². The van der Waals surface area contributed by atoms with Gasteiger partial charge in [0.05, 0.1) is 31.0 Å². The summed E-state index contributed by atoms with van der Waals surface area (Å²) in [4.78, 5) is 2.26. The van der Waals surface area contributed by atoms with Crippen LogP contribution in [0, 0.1) is 0 Å². The molecule has 1 fully saturated rings. The number of methoxy groups -OCH3 is 1. The van der Waals surface area contributed by atoms with E-state index in [1.165, 1.54) is 0 Å². The minimum absolute atomic E-state index is 0.480. The van der Waals surface area contributed by atoms with Crippen LogP contribution in [0.3, 0.4) is 0 Å². The largest absolute Gasteiger partial charge is 0.493 e. The number of nitrogens with zero attached hydrogens (tertiary/aromatic N) is 1. The van der Waals surface area contributed by atoms with Gasteiger partial charge in [-0.05, 0) is 29.8 Å². The van der Waals surface area contributed by atoms with Gasteiger partial charge < -0.3 is 24.4 Å². The molecule has 1 saturated heterocycles. The van der Waals surface area contributed by atoms with Gasteiger partial charge in [0.1, 0.15) is 6.61 Å². The smallest absolute Gasteiger partial charge is 0.166 e. The minimum atomic E-state index is 0.480. The van der Waals surface area contributed by atoms with Crippen LogP contribution < -0.4 is 19.7 Å². The van der Waals surface area contributed by atoms with Gasteiger partial charge >= 0.3 is 0 Å². The zero-order valence-corrected chi connectivity index (χ0v) is 18.4. The highest BCUT2D eigenvalue weighted by molar-refractivity contribution is 6.33. The number of rotatable bonds is 8. The van der Waals surface area contributed by atoms with Crippen molar-refractivity contribution >= 4 is 23.0 Å². The second-order valence-electron chi connectivity index (χ2n) is 7.34. The second-order valence-corrected chi connectivity index (χ2v) is 7.75. The van der Waals surface area contributed by atoms with E-state index in [2.05, 4.69) is 22.3 Å². The van der Waals surface area contributed by atoms with E-state index in [1.54, 1.807) is 7.11 Å². The molecule has 0 unspecified atom stereocenters. The summed E-state index contributed by atoms with van der Waals surface area (Å²) in [5.74, 6) is 1.47. The molecular weight excluding hydrogens is 412 g/mol. The van der Waals surface area contributed by atoms with E-state index in [4.69, 9.17) is 25.8 Å². The Balaban J connectivity index is 1.46. The Labute approximate surface area is 188 Å². The fourth-order valence-corrected chi connectivity index (χ4v) is 3.93. The molecule has 6 heteroatoms. The second kappa shape index (κ2) is 10.4. The van der Waals surface area contributed by atoms with E-state index in [9.17, 15) is 0 Å². The first-order valence-electron chi connectivity index (χ1n) is 10.4. The Bertz CT molecular complexity index is 991. The van der Waals surface area contributed by atoms with Crippen LogP contribution in [0.15, 0.2) is 66.7 Å². The number of hydrogen-bond acceptors (Lipinski definition) is 5. The van der Waals surface area contributed by atoms with Crippen LogP contribution >= 0.6 is 11.6 Å². The molecule has 5 nitrogen and oxygen atoms in total. The predicted octanol–water partition coefficient (Wildman–Crippen LogP) is 5.38. The number of para-hydroxylation sites is 1. The quantitative estimate of drug-likeness (QED) is 0.511. The van der Waals surface area contributed by atoms with Gasteiger partial charge in [0.15, 0.2) is 11.5 Å². The lowest BCUT2D eigenvalue weighted by Crippen LogP contribution is -2.36. The molecule has 0 amide bonds. The Morgan fingerprint density at radius 2 is 1.81 bits per heavy atom. The monoisotopic (exact) mass is 438 g/mol. The lowest BCUT2D eigenvalue weighted by Gasteiger charge is -2.29. The average Bonchev–Trinajstić information content (AvgIpc) is 2.82. The van der Waals surface area contributed by atoms with Crippen LogP contribution in [0.4, 0.5) is 11.4 Å². The molecule has 4 rings (SSSR count). The summed E-state index contributed by atoms with van der Waals surface area (Å²) in [5, 5.41) is 4.19. The summed E-state index contributed by atoms with van der Waals surface area (Å²) in [6.07, 6.45) is 0. The van der Waals surface area contributed by atoms with Gasteiger partial charge in [0, 0.05) is 30.9 Å². The number of hydrogen-bond donors (Lipinski definition) is 1. The van der Waals surface area contributed by atoms with Gasteiger partial charge in [-0.15, -0.1) is 0 Å². The van der Waals surface area contributed by atoms with E-state index in [0.717, 1.165) is 65.3 Å². The molecule has 0 saturated carbocycles. The number of halogens is 1. The van der Waals surface area contributed by atoms with Crippen LogP contribution in [0.25, 0.3) is 0 Å². The van der Waals surface area contributed by atoms with Crippen LogP contribution in [-0.2, 0) is 17.9 Å². The summed E-state index contributed by atoms with van der Waals surface area (Å²) in [6.45, 7) is 4.26. The Kier molecular flexibility index (Phi) is 7.18. The van der Waals surface area contributed by atoms with Gasteiger partial charge in [-0.2, -0.15) is 0 Å². The summed E-state index contributed by atoms with van der Waals surface area (Å²) >= 11 is 6.57. The molecule has 1 N–H and O–H groups in total. The van der Waals surface area contributed by atoms with Crippen molar-refractivity contribution in [2.75, 3.05) is 43.6 Å². The number of anilines is 2. The maximum Gasteiger partial charge on any atom is 0.166 e. The van der Waals surface area contributed by atoms with Crippen LogP contribution in [0.2, 0.25) is 5.02 Å². The van der Waals surface area contributed by atoms with Gasteiger partial charge in [-0.3, -0.25) is 0 Å². The van der Waals surface area contributed by atoms with Crippen molar-refractivity contribution in [3.8, 4) is 11.5 Å². The standard InChI is InChI=1S/C25H27ClN2O3/c1-29-24-9-5-8-20(25(24)31-18-19-6-3-2-4-7-19)17-27-21-10-11-23(22(26)16-21)28-12-14-30-15-13-28/h2-11,16,27H,12-15,17-18H2,1H3. The first-order valence-corrected chi connectivity index (χ1v) is 10.8. The van der Waals surface area contributed by atoms with E-state index in [1.807, 2.05) is 54.6 Å². The Hall–Kier alpha value is -2.89. The Morgan fingerprint density at radius 1 is 1.00 bits per heavy atom. The van der Waals surface area contributed by atoms with Gasteiger partial charge in [-0.1, -0.05) is 54.1 Å². The molecule has 0 aliphatic carbocycles. The van der Waals surface area contributed by atoms with Gasteiger partial charge in [0.2, 0.25) is 0 Å². The SMILES string of the molecule is COc1cccc(CNc2ccc(N3CCOCC3)c(Cl)c2)c1OCc1ccccc1. The van der Waals surface area contributed by atoms with E-state index in [0.29, 0.717) is 13.2 Å². The topological polar surface area (TPSA) is 43.0 Å². The number of ether oxygens (including phenoxy) is 3. The van der Waals surface area contributed by atoms with Crippen LogP contribution in [-0.4, -0.2) is 33.4 Å². The highest BCUT2D eigenvalue weighted by Gasteiger charge is 2.15. The third-order valence-electron chi connectivity index (χ3n) is 5.29. The van der Waals surface area contributed by atoms with Crippen molar-refractivity contribution in [3.63, 3.8) is 0 Å². The molecule has 162 valence electrons. The van der Waals surface area contributed by atoms with E-state index in [-0.39, 0.29) is 0 Å². The highest BCUT2D eigenvalue weighted by Crippen LogP contribution is 2.33. The summed E-state index contributed by atoms with van der Waals surface area (Å²) in [6, 6.07) is 22.1. The first kappa shape index (κ1) is 21.3. The van der Waals surface area contributed by atoms with E-state index < -0.39 is 0 Å². The molecule has 0 aromatic heterocycles. The van der Waals surface area contributed by atoms with Crippen molar-refractivity contribution in [1.29, 1.82) is 0 Å².